The van der Waals surface area contributed by atoms with Crippen molar-refractivity contribution in [3.8, 4) is 0 Å². The summed E-state index contributed by atoms with van der Waals surface area (Å²) in [5.41, 5.74) is -2.87. The maximum absolute atomic E-state index is 10.2. The highest BCUT2D eigenvalue weighted by Crippen LogP contribution is 2.35. The van der Waals surface area contributed by atoms with E-state index in [0.717, 1.165) is 12.8 Å². The second kappa shape index (κ2) is 3.15. The molecule has 82 valence electrons. The number of nitrogens with one attached hydrogen (secondary N) is 1. The summed E-state index contributed by atoms with van der Waals surface area (Å²) in [5, 5.41) is 32.2. The molecule has 3 unspecified atom stereocenters. The lowest BCUT2D eigenvalue weighted by molar-refractivity contribution is -0.154. The molecule has 0 amide bonds. The molecule has 1 saturated carbocycles. The Morgan fingerprint density at radius 2 is 2.07 bits per heavy atom. The molecule has 4 N–H and O–H groups in total. The second-order valence-electron chi connectivity index (χ2n) is 4.44. The van der Waals surface area contributed by atoms with E-state index < -0.39 is 17.4 Å². The molecular weight excluding hydrogens is 186 g/mol. The third kappa shape index (κ3) is 1.45. The van der Waals surface area contributed by atoms with E-state index in [2.05, 4.69) is 5.32 Å². The molecule has 2 fully saturated rings. The Kier molecular flexibility index (Phi) is 2.32. The summed E-state index contributed by atoms with van der Waals surface area (Å²) in [4.78, 5) is 0. The van der Waals surface area contributed by atoms with Crippen LogP contribution in [0.2, 0.25) is 0 Å². The minimum absolute atomic E-state index is 0.0362. The van der Waals surface area contributed by atoms with E-state index in [-0.39, 0.29) is 19.3 Å². The van der Waals surface area contributed by atoms with E-state index >= 15 is 0 Å². The lowest BCUT2D eigenvalue weighted by Crippen LogP contribution is -2.65. The SMILES string of the molecule is CC1(O)COC(CO)C1(O)NC1CC1. The van der Waals surface area contributed by atoms with Crippen LogP contribution in [0.1, 0.15) is 19.8 Å². The normalized spacial score (nSPS) is 48.4. The molecule has 0 aromatic carbocycles. The van der Waals surface area contributed by atoms with Crippen LogP contribution in [-0.2, 0) is 4.74 Å². The number of rotatable bonds is 3. The fraction of sp³-hybridized carbons (Fsp3) is 1.00. The van der Waals surface area contributed by atoms with Gasteiger partial charge >= 0.3 is 0 Å². The molecule has 1 heterocycles. The molecule has 2 rings (SSSR count). The van der Waals surface area contributed by atoms with Gasteiger partial charge in [0, 0.05) is 6.04 Å². The Morgan fingerprint density at radius 3 is 2.57 bits per heavy atom. The predicted molar refractivity (Wildman–Crippen MR) is 48.6 cm³/mol. The highest BCUT2D eigenvalue weighted by atomic mass is 16.6. The van der Waals surface area contributed by atoms with E-state index in [9.17, 15) is 10.2 Å². The van der Waals surface area contributed by atoms with E-state index in [1.54, 1.807) is 0 Å². The van der Waals surface area contributed by atoms with Crippen LogP contribution < -0.4 is 5.32 Å². The lowest BCUT2D eigenvalue weighted by Gasteiger charge is -2.37. The minimum Gasteiger partial charge on any atom is -0.393 e. The van der Waals surface area contributed by atoms with Crippen molar-refractivity contribution >= 4 is 0 Å². The van der Waals surface area contributed by atoms with Crippen LogP contribution in [0, 0.1) is 0 Å². The van der Waals surface area contributed by atoms with Crippen LogP contribution in [0.4, 0.5) is 0 Å². The summed E-state index contributed by atoms with van der Waals surface area (Å²) < 4.78 is 5.15. The molecule has 1 aliphatic heterocycles. The fourth-order valence-corrected chi connectivity index (χ4v) is 1.81. The van der Waals surface area contributed by atoms with Crippen molar-refractivity contribution in [3.63, 3.8) is 0 Å². The predicted octanol–water partition coefficient (Wildman–Crippen LogP) is -1.43. The smallest absolute Gasteiger partial charge is 0.176 e. The first-order chi connectivity index (χ1) is 6.49. The van der Waals surface area contributed by atoms with Crippen molar-refractivity contribution in [2.24, 2.45) is 0 Å². The maximum atomic E-state index is 10.2. The van der Waals surface area contributed by atoms with Gasteiger partial charge in [0.05, 0.1) is 13.2 Å². The molecule has 1 saturated heterocycles. The molecule has 0 aromatic rings. The summed E-state index contributed by atoms with van der Waals surface area (Å²) >= 11 is 0. The Morgan fingerprint density at radius 1 is 1.43 bits per heavy atom. The van der Waals surface area contributed by atoms with Crippen LogP contribution >= 0.6 is 0 Å². The molecule has 5 heteroatoms. The van der Waals surface area contributed by atoms with E-state index in [0.29, 0.717) is 0 Å². The Labute approximate surface area is 82.7 Å². The Balaban J connectivity index is 2.15. The number of ether oxygens (including phenoxy) is 1. The average molecular weight is 203 g/mol. The Bertz CT molecular complexity index is 229. The highest BCUT2D eigenvalue weighted by molar-refractivity contribution is 5.07. The van der Waals surface area contributed by atoms with Gasteiger partial charge in [0.15, 0.2) is 5.72 Å². The van der Waals surface area contributed by atoms with Gasteiger partial charge in [-0.05, 0) is 19.8 Å². The first-order valence-corrected chi connectivity index (χ1v) is 4.94. The van der Waals surface area contributed by atoms with Crippen molar-refractivity contribution in [1.29, 1.82) is 0 Å². The summed E-state index contributed by atoms with van der Waals surface area (Å²) in [6.07, 6.45) is 1.24. The van der Waals surface area contributed by atoms with Crippen LogP contribution in [-0.4, -0.2) is 52.0 Å². The highest BCUT2D eigenvalue weighted by Gasteiger charge is 2.59. The van der Waals surface area contributed by atoms with Crippen molar-refractivity contribution in [2.45, 2.75) is 43.2 Å². The van der Waals surface area contributed by atoms with E-state index in [1.807, 2.05) is 0 Å². The van der Waals surface area contributed by atoms with Gasteiger partial charge in [-0.25, -0.2) is 0 Å². The summed E-state index contributed by atoms with van der Waals surface area (Å²) in [7, 11) is 0. The first-order valence-electron chi connectivity index (χ1n) is 4.94. The van der Waals surface area contributed by atoms with Gasteiger partial charge in [-0.1, -0.05) is 0 Å². The van der Waals surface area contributed by atoms with E-state index in [4.69, 9.17) is 9.84 Å². The topological polar surface area (TPSA) is 82.0 Å². The third-order valence-corrected chi connectivity index (χ3v) is 3.02. The summed E-state index contributed by atoms with van der Waals surface area (Å²) in [6.45, 7) is 1.25. The standard InChI is InChI=1S/C9H17NO4/c1-8(12)5-14-7(4-11)9(8,13)10-6-2-3-6/h6-7,10-13H,2-5H2,1H3. The van der Waals surface area contributed by atoms with E-state index in [1.165, 1.54) is 6.92 Å². The van der Waals surface area contributed by atoms with Crippen molar-refractivity contribution in [1.82, 2.24) is 5.32 Å². The Hall–Kier alpha value is -0.200. The molecule has 5 nitrogen and oxygen atoms in total. The van der Waals surface area contributed by atoms with Gasteiger partial charge in [0.1, 0.15) is 11.7 Å². The van der Waals surface area contributed by atoms with Gasteiger partial charge < -0.3 is 20.1 Å². The second-order valence-corrected chi connectivity index (χ2v) is 4.44. The van der Waals surface area contributed by atoms with Crippen LogP contribution in [0.3, 0.4) is 0 Å². The van der Waals surface area contributed by atoms with Crippen LogP contribution in [0.5, 0.6) is 0 Å². The number of aliphatic hydroxyl groups excluding tert-OH is 1. The molecule has 1 aliphatic carbocycles. The third-order valence-electron chi connectivity index (χ3n) is 3.02. The fourth-order valence-electron chi connectivity index (χ4n) is 1.81. The van der Waals surface area contributed by atoms with Crippen LogP contribution in [0.25, 0.3) is 0 Å². The molecule has 2 aliphatic rings. The molecule has 0 aromatic heterocycles. The average Bonchev–Trinajstić information content (AvgIpc) is 2.84. The van der Waals surface area contributed by atoms with Gasteiger partial charge in [0.25, 0.3) is 0 Å². The van der Waals surface area contributed by atoms with Gasteiger partial charge in [-0.2, -0.15) is 0 Å². The largest absolute Gasteiger partial charge is 0.393 e. The maximum Gasteiger partial charge on any atom is 0.176 e. The molecule has 0 bridgehead atoms. The molecular formula is C9H17NO4. The zero-order valence-electron chi connectivity index (χ0n) is 8.23. The minimum atomic E-state index is -1.52. The zero-order chi connectivity index (χ0) is 10.4. The lowest BCUT2D eigenvalue weighted by atomic mass is 9.91. The number of aliphatic hydroxyl groups is 3. The van der Waals surface area contributed by atoms with Gasteiger partial charge in [0.2, 0.25) is 0 Å². The molecule has 0 radical (unpaired) electrons. The quantitative estimate of drug-likeness (QED) is 0.423. The summed E-state index contributed by atoms with van der Waals surface area (Å²) in [6, 6.07) is 0.238. The summed E-state index contributed by atoms with van der Waals surface area (Å²) in [5.74, 6) is 0. The molecule has 3 atom stereocenters. The zero-order valence-corrected chi connectivity index (χ0v) is 8.23. The number of hydrogen-bond donors (Lipinski definition) is 4. The van der Waals surface area contributed by atoms with Crippen molar-refractivity contribution in [2.75, 3.05) is 13.2 Å². The number of hydrogen-bond acceptors (Lipinski definition) is 5. The van der Waals surface area contributed by atoms with Gasteiger partial charge in [-0.15, -0.1) is 0 Å². The first kappa shape index (κ1) is 10.3. The van der Waals surface area contributed by atoms with Gasteiger partial charge in [-0.3, -0.25) is 5.32 Å². The van der Waals surface area contributed by atoms with Crippen LogP contribution in [0.15, 0.2) is 0 Å². The van der Waals surface area contributed by atoms with Crippen molar-refractivity contribution in [3.05, 3.63) is 0 Å². The monoisotopic (exact) mass is 203 g/mol. The molecule has 14 heavy (non-hydrogen) atoms. The molecule has 0 spiro atoms. The van der Waals surface area contributed by atoms with Crippen molar-refractivity contribution < 1.29 is 20.1 Å².